The maximum absolute atomic E-state index is 11.9. The molecule has 1 saturated heterocycles. The minimum absolute atomic E-state index is 0.364. The molecule has 0 radical (unpaired) electrons. The Morgan fingerprint density at radius 2 is 2.30 bits per heavy atom. The SMILES string of the molecule is COc1cccc(NNC(=O)C2C(=O)NCCC2O)c1. The van der Waals surface area contributed by atoms with Gasteiger partial charge in [0.25, 0.3) is 5.91 Å². The number of aliphatic hydroxyl groups excluding tert-OH is 1. The van der Waals surface area contributed by atoms with Gasteiger partial charge in [-0.15, -0.1) is 0 Å². The van der Waals surface area contributed by atoms with Crippen LogP contribution in [0.2, 0.25) is 0 Å². The number of carbonyl (C=O) groups excluding carboxylic acids is 2. The van der Waals surface area contributed by atoms with E-state index in [4.69, 9.17) is 4.74 Å². The summed E-state index contributed by atoms with van der Waals surface area (Å²) in [6.07, 6.45) is -0.598. The Balaban J connectivity index is 1.95. The summed E-state index contributed by atoms with van der Waals surface area (Å²) in [5.74, 6) is -1.49. The van der Waals surface area contributed by atoms with Gasteiger partial charge in [-0.2, -0.15) is 0 Å². The molecular weight excluding hydrogens is 262 g/mol. The molecule has 0 aromatic heterocycles. The Bertz CT molecular complexity index is 506. The number of hydrogen-bond donors (Lipinski definition) is 4. The fourth-order valence-corrected chi connectivity index (χ4v) is 2.00. The largest absolute Gasteiger partial charge is 0.497 e. The molecule has 0 bridgehead atoms. The zero-order valence-electron chi connectivity index (χ0n) is 11.1. The van der Waals surface area contributed by atoms with E-state index in [-0.39, 0.29) is 0 Å². The van der Waals surface area contributed by atoms with Crippen LogP contribution in [0.3, 0.4) is 0 Å². The van der Waals surface area contributed by atoms with Gasteiger partial charge in [0.1, 0.15) is 11.7 Å². The fourth-order valence-electron chi connectivity index (χ4n) is 2.00. The quantitative estimate of drug-likeness (QED) is 0.445. The number of hydrogen-bond acceptors (Lipinski definition) is 5. The van der Waals surface area contributed by atoms with Gasteiger partial charge in [-0.25, -0.2) is 0 Å². The lowest BCUT2D eigenvalue weighted by Gasteiger charge is -2.26. The molecule has 108 valence electrons. The minimum Gasteiger partial charge on any atom is -0.497 e. The molecule has 1 heterocycles. The average Bonchev–Trinajstić information content (AvgIpc) is 2.45. The molecule has 2 amide bonds. The van der Waals surface area contributed by atoms with E-state index in [2.05, 4.69) is 16.2 Å². The maximum atomic E-state index is 11.9. The molecule has 0 aliphatic carbocycles. The minimum atomic E-state index is -1.10. The molecule has 2 atom stereocenters. The molecule has 2 unspecified atom stereocenters. The first-order valence-electron chi connectivity index (χ1n) is 6.27. The lowest BCUT2D eigenvalue weighted by Crippen LogP contribution is -2.52. The van der Waals surface area contributed by atoms with Crippen molar-refractivity contribution in [2.75, 3.05) is 19.1 Å². The number of piperidine rings is 1. The Hall–Kier alpha value is -2.28. The van der Waals surface area contributed by atoms with Crippen LogP contribution in [0.4, 0.5) is 5.69 Å². The molecule has 2 rings (SSSR count). The van der Waals surface area contributed by atoms with Crippen LogP contribution in [0.1, 0.15) is 6.42 Å². The Labute approximate surface area is 116 Å². The number of anilines is 1. The molecule has 1 fully saturated rings. The first-order valence-corrected chi connectivity index (χ1v) is 6.27. The number of methoxy groups -OCH3 is 1. The molecule has 1 aromatic rings. The topological polar surface area (TPSA) is 99.7 Å². The predicted molar refractivity (Wildman–Crippen MR) is 71.9 cm³/mol. The lowest BCUT2D eigenvalue weighted by atomic mass is 9.95. The van der Waals surface area contributed by atoms with E-state index in [0.29, 0.717) is 24.4 Å². The summed E-state index contributed by atoms with van der Waals surface area (Å²) in [4.78, 5) is 23.5. The third-order valence-electron chi connectivity index (χ3n) is 3.09. The zero-order valence-corrected chi connectivity index (χ0v) is 11.1. The van der Waals surface area contributed by atoms with Crippen molar-refractivity contribution >= 4 is 17.5 Å². The summed E-state index contributed by atoms with van der Waals surface area (Å²) in [5.41, 5.74) is 5.72. The maximum Gasteiger partial charge on any atom is 0.253 e. The molecule has 1 aromatic carbocycles. The van der Waals surface area contributed by atoms with E-state index in [0.717, 1.165) is 0 Å². The second-order valence-corrected chi connectivity index (χ2v) is 4.47. The summed E-state index contributed by atoms with van der Waals surface area (Å²) >= 11 is 0. The molecule has 0 saturated carbocycles. The van der Waals surface area contributed by atoms with Crippen molar-refractivity contribution in [2.24, 2.45) is 5.92 Å². The average molecular weight is 279 g/mol. The normalized spacial score (nSPS) is 21.8. The van der Waals surface area contributed by atoms with E-state index in [1.807, 2.05) is 0 Å². The van der Waals surface area contributed by atoms with Crippen LogP contribution in [0.15, 0.2) is 24.3 Å². The van der Waals surface area contributed by atoms with Crippen molar-refractivity contribution < 1.29 is 19.4 Å². The van der Waals surface area contributed by atoms with Gasteiger partial charge in [0.05, 0.1) is 18.9 Å². The lowest BCUT2D eigenvalue weighted by molar-refractivity contribution is -0.142. The molecule has 7 heteroatoms. The number of amides is 2. The summed E-state index contributed by atoms with van der Waals surface area (Å²) in [5, 5.41) is 12.3. The van der Waals surface area contributed by atoms with Gasteiger partial charge in [0, 0.05) is 12.6 Å². The van der Waals surface area contributed by atoms with E-state index in [1.54, 1.807) is 31.4 Å². The van der Waals surface area contributed by atoms with Gasteiger partial charge >= 0.3 is 0 Å². The van der Waals surface area contributed by atoms with Crippen LogP contribution in [0.25, 0.3) is 0 Å². The van der Waals surface area contributed by atoms with Crippen molar-refractivity contribution in [1.29, 1.82) is 0 Å². The van der Waals surface area contributed by atoms with Crippen molar-refractivity contribution in [3.05, 3.63) is 24.3 Å². The van der Waals surface area contributed by atoms with Gasteiger partial charge in [-0.1, -0.05) is 6.07 Å². The van der Waals surface area contributed by atoms with Crippen molar-refractivity contribution in [2.45, 2.75) is 12.5 Å². The number of aliphatic hydroxyl groups is 1. The highest BCUT2D eigenvalue weighted by Crippen LogP contribution is 2.16. The summed E-state index contributed by atoms with van der Waals surface area (Å²) in [6, 6.07) is 6.96. The van der Waals surface area contributed by atoms with E-state index in [9.17, 15) is 14.7 Å². The van der Waals surface area contributed by atoms with Gasteiger partial charge in [-0.05, 0) is 18.6 Å². The van der Waals surface area contributed by atoms with E-state index in [1.165, 1.54) is 0 Å². The smallest absolute Gasteiger partial charge is 0.253 e. The number of rotatable bonds is 4. The summed E-state index contributed by atoms with van der Waals surface area (Å²) < 4.78 is 5.06. The fraction of sp³-hybridized carbons (Fsp3) is 0.385. The second-order valence-electron chi connectivity index (χ2n) is 4.47. The third kappa shape index (κ3) is 3.18. The molecule has 7 nitrogen and oxygen atoms in total. The first-order chi connectivity index (χ1) is 9.61. The van der Waals surface area contributed by atoms with E-state index < -0.39 is 23.8 Å². The van der Waals surface area contributed by atoms with Gasteiger partial charge in [0.2, 0.25) is 5.91 Å². The van der Waals surface area contributed by atoms with Gasteiger partial charge < -0.3 is 15.2 Å². The predicted octanol–water partition coefficient (Wildman–Crippen LogP) is -0.365. The number of hydrazine groups is 1. The number of carbonyl (C=O) groups is 2. The summed E-state index contributed by atoms with van der Waals surface area (Å²) in [7, 11) is 1.54. The zero-order chi connectivity index (χ0) is 14.5. The Morgan fingerprint density at radius 1 is 1.50 bits per heavy atom. The monoisotopic (exact) mass is 279 g/mol. The van der Waals surface area contributed by atoms with Crippen molar-refractivity contribution in [3.63, 3.8) is 0 Å². The first kappa shape index (κ1) is 14.1. The van der Waals surface area contributed by atoms with Gasteiger partial charge in [-0.3, -0.25) is 20.4 Å². The van der Waals surface area contributed by atoms with Gasteiger partial charge in [0.15, 0.2) is 0 Å². The molecule has 1 aliphatic rings. The highest BCUT2D eigenvalue weighted by molar-refractivity contribution is 6.01. The molecular formula is C13H17N3O4. The van der Waals surface area contributed by atoms with Crippen LogP contribution in [0.5, 0.6) is 5.75 Å². The Kier molecular flexibility index (Phi) is 4.41. The van der Waals surface area contributed by atoms with Crippen molar-refractivity contribution in [1.82, 2.24) is 10.7 Å². The Morgan fingerprint density at radius 3 is 3.00 bits per heavy atom. The number of benzene rings is 1. The van der Waals surface area contributed by atoms with E-state index >= 15 is 0 Å². The molecule has 0 spiro atoms. The van der Waals surface area contributed by atoms with Crippen LogP contribution >= 0.6 is 0 Å². The molecule has 1 aliphatic heterocycles. The number of ether oxygens (including phenoxy) is 1. The van der Waals surface area contributed by atoms with Crippen LogP contribution in [-0.4, -0.2) is 36.7 Å². The van der Waals surface area contributed by atoms with Crippen LogP contribution < -0.4 is 20.9 Å². The standard InChI is InChI=1S/C13H17N3O4/c1-20-9-4-2-3-8(7-9)15-16-13(19)11-10(17)5-6-14-12(11)18/h2-4,7,10-11,15,17H,5-6H2,1H3,(H,14,18)(H,16,19). The van der Waals surface area contributed by atoms with Crippen LogP contribution in [-0.2, 0) is 9.59 Å². The van der Waals surface area contributed by atoms with Crippen molar-refractivity contribution in [3.8, 4) is 5.75 Å². The molecule has 20 heavy (non-hydrogen) atoms. The highest BCUT2D eigenvalue weighted by Gasteiger charge is 2.36. The molecule has 4 N–H and O–H groups in total. The van der Waals surface area contributed by atoms with Crippen LogP contribution in [0, 0.1) is 5.92 Å². The summed E-state index contributed by atoms with van der Waals surface area (Å²) in [6.45, 7) is 0.382. The number of nitrogens with one attached hydrogen (secondary N) is 3. The highest BCUT2D eigenvalue weighted by atomic mass is 16.5. The second kappa shape index (κ2) is 6.25. The third-order valence-corrected chi connectivity index (χ3v) is 3.09.